The molecule has 0 fully saturated rings. The molecule has 0 aromatic rings. The summed E-state index contributed by atoms with van der Waals surface area (Å²) in [6.07, 6.45) is 8.79. The van der Waals surface area contributed by atoms with Gasteiger partial charge in [-0.05, 0) is 38.0 Å². The third kappa shape index (κ3) is 2.76. The molecule has 0 saturated carbocycles. The fourth-order valence-electron chi connectivity index (χ4n) is 2.39. The van der Waals surface area contributed by atoms with Crippen molar-refractivity contribution in [3.05, 3.63) is 23.8 Å². The van der Waals surface area contributed by atoms with Crippen molar-refractivity contribution in [2.24, 2.45) is 17.3 Å². The molecule has 0 amide bonds. The minimum absolute atomic E-state index is 0.236. The van der Waals surface area contributed by atoms with Crippen molar-refractivity contribution in [3.8, 4) is 0 Å². The fourth-order valence-corrected chi connectivity index (χ4v) is 2.39. The van der Waals surface area contributed by atoms with Crippen LogP contribution in [0.3, 0.4) is 0 Å². The van der Waals surface area contributed by atoms with Gasteiger partial charge in [0.05, 0.1) is 6.10 Å². The molecule has 0 heterocycles. The van der Waals surface area contributed by atoms with Gasteiger partial charge in [0.15, 0.2) is 0 Å². The largest absolute Gasteiger partial charge is 0.393 e. The van der Waals surface area contributed by atoms with E-state index in [9.17, 15) is 5.11 Å². The van der Waals surface area contributed by atoms with E-state index in [1.54, 1.807) is 0 Å². The molecule has 2 unspecified atom stereocenters. The number of rotatable bonds is 4. The monoisotopic (exact) mass is 222 g/mol. The highest BCUT2D eigenvalue weighted by Crippen LogP contribution is 2.43. The second-order valence-electron chi connectivity index (χ2n) is 5.65. The van der Waals surface area contributed by atoms with Gasteiger partial charge < -0.3 is 5.11 Å². The maximum absolute atomic E-state index is 9.60. The van der Waals surface area contributed by atoms with E-state index in [2.05, 4.69) is 45.9 Å². The quantitative estimate of drug-likeness (QED) is 0.714. The molecule has 1 aliphatic rings. The Morgan fingerprint density at radius 1 is 1.56 bits per heavy atom. The molecule has 1 heteroatoms. The van der Waals surface area contributed by atoms with Crippen molar-refractivity contribution in [1.29, 1.82) is 0 Å². The van der Waals surface area contributed by atoms with Crippen LogP contribution >= 0.6 is 0 Å². The summed E-state index contributed by atoms with van der Waals surface area (Å²) in [7, 11) is 0. The van der Waals surface area contributed by atoms with Gasteiger partial charge in [-0.2, -0.15) is 0 Å². The number of aliphatic hydroxyl groups excluding tert-OH is 1. The van der Waals surface area contributed by atoms with Gasteiger partial charge in [0.1, 0.15) is 0 Å². The predicted octanol–water partition coefficient (Wildman–Crippen LogP) is 3.94. The lowest BCUT2D eigenvalue weighted by atomic mass is 9.77. The average Bonchev–Trinajstić information content (AvgIpc) is 2.44. The van der Waals surface area contributed by atoms with E-state index in [0.717, 1.165) is 12.8 Å². The van der Waals surface area contributed by atoms with E-state index in [1.165, 1.54) is 5.57 Å². The molecule has 1 nitrogen and oxygen atoms in total. The zero-order chi connectivity index (χ0) is 12.3. The van der Waals surface area contributed by atoms with Crippen molar-refractivity contribution in [2.75, 3.05) is 0 Å². The van der Waals surface area contributed by atoms with Crippen molar-refractivity contribution in [2.45, 2.75) is 53.6 Å². The van der Waals surface area contributed by atoms with Crippen LogP contribution < -0.4 is 0 Å². The zero-order valence-electron chi connectivity index (χ0n) is 11.3. The van der Waals surface area contributed by atoms with Crippen LogP contribution in [0, 0.1) is 17.3 Å². The maximum atomic E-state index is 9.60. The van der Waals surface area contributed by atoms with E-state index in [-0.39, 0.29) is 11.5 Å². The maximum Gasteiger partial charge on any atom is 0.0574 e. The van der Waals surface area contributed by atoms with E-state index in [0.29, 0.717) is 11.8 Å². The fraction of sp³-hybridized carbons (Fsp3) is 0.733. The van der Waals surface area contributed by atoms with Crippen LogP contribution in [0.1, 0.15) is 47.5 Å². The summed E-state index contributed by atoms with van der Waals surface area (Å²) in [6.45, 7) is 10.8. The molecule has 0 bridgehead atoms. The van der Waals surface area contributed by atoms with Crippen LogP contribution in [0.5, 0.6) is 0 Å². The van der Waals surface area contributed by atoms with Gasteiger partial charge >= 0.3 is 0 Å². The molecular formula is C15H26O. The normalized spacial score (nSPS) is 28.1. The molecule has 1 N–H and O–H groups in total. The molecular weight excluding hydrogens is 196 g/mol. The molecule has 1 aliphatic carbocycles. The summed E-state index contributed by atoms with van der Waals surface area (Å²) in [5.41, 5.74) is 1.78. The molecule has 0 radical (unpaired) electrons. The minimum Gasteiger partial charge on any atom is -0.393 e. The third-order valence-electron chi connectivity index (χ3n) is 4.30. The summed E-state index contributed by atoms with van der Waals surface area (Å²) in [5, 5.41) is 9.60. The van der Waals surface area contributed by atoms with Crippen LogP contribution in [0.2, 0.25) is 0 Å². The molecule has 3 atom stereocenters. The van der Waals surface area contributed by atoms with Crippen LogP contribution in [-0.2, 0) is 0 Å². The lowest BCUT2D eigenvalue weighted by Gasteiger charge is -2.28. The average molecular weight is 222 g/mol. The van der Waals surface area contributed by atoms with Crippen molar-refractivity contribution in [1.82, 2.24) is 0 Å². The van der Waals surface area contributed by atoms with Gasteiger partial charge in [0, 0.05) is 5.92 Å². The van der Waals surface area contributed by atoms with Gasteiger partial charge in [0.2, 0.25) is 0 Å². The molecule has 16 heavy (non-hydrogen) atoms. The van der Waals surface area contributed by atoms with Crippen LogP contribution in [0.15, 0.2) is 23.8 Å². The Morgan fingerprint density at radius 2 is 2.19 bits per heavy atom. The van der Waals surface area contributed by atoms with Gasteiger partial charge in [-0.25, -0.2) is 0 Å². The van der Waals surface area contributed by atoms with Gasteiger partial charge in [-0.3, -0.25) is 0 Å². The first-order chi connectivity index (χ1) is 7.39. The Kier molecular flexibility index (Phi) is 4.37. The van der Waals surface area contributed by atoms with Gasteiger partial charge in [-0.15, -0.1) is 0 Å². The zero-order valence-corrected chi connectivity index (χ0v) is 11.3. The predicted molar refractivity (Wildman–Crippen MR) is 70.2 cm³/mol. The number of hydrogen-bond acceptors (Lipinski definition) is 1. The van der Waals surface area contributed by atoms with E-state index in [1.807, 2.05) is 6.92 Å². The van der Waals surface area contributed by atoms with Gasteiger partial charge in [0.25, 0.3) is 0 Å². The van der Waals surface area contributed by atoms with Crippen molar-refractivity contribution < 1.29 is 5.11 Å². The molecule has 0 aromatic heterocycles. The van der Waals surface area contributed by atoms with Crippen molar-refractivity contribution in [3.63, 3.8) is 0 Å². The number of hydrogen-bond donors (Lipinski definition) is 1. The Bertz CT molecular complexity index is 284. The van der Waals surface area contributed by atoms with E-state index in [4.69, 9.17) is 0 Å². The first-order valence-electron chi connectivity index (χ1n) is 6.43. The molecule has 0 spiro atoms. The number of aliphatic hydroxyl groups is 1. The van der Waals surface area contributed by atoms with Crippen molar-refractivity contribution >= 4 is 0 Å². The lowest BCUT2D eigenvalue weighted by molar-refractivity contribution is 0.146. The SMILES string of the molecule is CCC(/C=C/C1CC=C(C)C1(C)C)[C@@H](C)O. The summed E-state index contributed by atoms with van der Waals surface area (Å²) >= 11 is 0. The second-order valence-corrected chi connectivity index (χ2v) is 5.65. The first-order valence-corrected chi connectivity index (χ1v) is 6.43. The topological polar surface area (TPSA) is 20.2 Å². The Labute approximate surface area is 100 Å². The highest BCUT2D eigenvalue weighted by molar-refractivity contribution is 5.22. The highest BCUT2D eigenvalue weighted by atomic mass is 16.3. The molecule has 92 valence electrons. The molecule has 0 aliphatic heterocycles. The Hall–Kier alpha value is -0.560. The van der Waals surface area contributed by atoms with E-state index < -0.39 is 0 Å². The molecule has 0 aromatic carbocycles. The Balaban J connectivity index is 2.66. The molecule has 0 saturated heterocycles. The summed E-state index contributed by atoms with van der Waals surface area (Å²) in [6, 6.07) is 0. The van der Waals surface area contributed by atoms with Crippen LogP contribution in [0.25, 0.3) is 0 Å². The van der Waals surface area contributed by atoms with Crippen LogP contribution in [-0.4, -0.2) is 11.2 Å². The minimum atomic E-state index is -0.236. The second kappa shape index (κ2) is 5.18. The number of allylic oxidation sites excluding steroid dienone is 3. The van der Waals surface area contributed by atoms with E-state index >= 15 is 0 Å². The van der Waals surface area contributed by atoms with Crippen LogP contribution in [0.4, 0.5) is 0 Å². The first kappa shape index (κ1) is 13.5. The third-order valence-corrected chi connectivity index (χ3v) is 4.30. The summed E-state index contributed by atoms with van der Waals surface area (Å²) in [4.78, 5) is 0. The summed E-state index contributed by atoms with van der Waals surface area (Å²) < 4.78 is 0. The standard InChI is InChI=1S/C15H26O/c1-6-13(12(3)16)8-10-14-9-7-11(2)15(14,4)5/h7-8,10,12-14,16H,6,9H2,1-5H3/b10-8+/t12-,13?,14?/m1/s1. The highest BCUT2D eigenvalue weighted by Gasteiger charge is 2.33. The lowest BCUT2D eigenvalue weighted by Crippen LogP contribution is -2.19. The van der Waals surface area contributed by atoms with Gasteiger partial charge in [-0.1, -0.05) is 44.6 Å². The molecule has 1 rings (SSSR count). The smallest absolute Gasteiger partial charge is 0.0574 e. The summed E-state index contributed by atoms with van der Waals surface area (Å²) in [5.74, 6) is 0.900. The Morgan fingerprint density at radius 3 is 2.56 bits per heavy atom.